The Hall–Kier alpha value is -3.62. The monoisotopic (exact) mass is 455 g/mol. The molecule has 33 heavy (non-hydrogen) atoms. The summed E-state index contributed by atoms with van der Waals surface area (Å²) in [7, 11) is 0. The minimum absolute atomic E-state index is 0.0996. The lowest BCUT2D eigenvalue weighted by atomic mass is 9.76. The van der Waals surface area contributed by atoms with E-state index in [1.165, 1.54) is 25.1 Å². The van der Waals surface area contributed by atoms with Crippen LogP contribution in [-0.4, -0.2) is 23.0 Å². The third-order valence-electron chi connectivity index (χ3n) is 5.67. The van der Waals surface area contributed by atoms with Crippen LogP contribution in [0.5, 0.6) is 11.5 Å². The van der Waals surface area contributed by atoms with Gasteiger partial charge in [-0.1, -0.05) is 26.0 Å². The second kappa shape index (κ2) is 10.3. The molecule has 0 atom stereocenters. The molecule has 1 saturated carbocycles. The molecule has 2 N–H and O–H groups in total. The van der Waals surface area contributed by atoms with E-state index in [0.29, 0.717) is 11.2 Å². The molecule has 0 radical (unpaired) electrons. The molecule has 0 aliphatic heterocycles. The van der Waals surface area contributed by atoms with Gasteiger partial charge in [0, 0.05) is 13.0 Å². The summed E-state index contributed by atoms with van der Waals surface area (Å²) in [5.74, 6) is 0.324. The Balaban J connectivity index is 1.52. The highest BCUT2D eigenvalue weighted by Crippen LogP contribution is 2.35. The van der Waals surface area contributed by atoms with Crippen molar-refractivity contribution in [2.45, 2.75) is 59.1 Å². The van der Waals surface area contributed by atoms with E-state index in [-0.39, 0.29) is 29.8 Å². The van der Waals surface area contributed by atoms with Crippen molar-refractivity contribution < 1.29 is 24.0 Å². The zero-order chi connectivity index (χ0) is 24.0. The largest absolute Gasteiger partial charge is 0.457 e. The zero-order valence-corrected chi connectivity index (χ0v) is 19.1. The van der Waals surface area contributed by atoms with Crippen molar-refractivity contribution in [1.82, 2.24) is 5.32 Å². The lowest BCUT2D eigenvalue weighted by Crippen LogP contribution is -2.39. The molecule has 3 rings (SSSR count). The summed E-state index contributed by atoms with van der Waals surface area (Å²) in [5, 5.41) is 16.6. The third-order valence-corrected chi connectivity index (χ3v) is 5.67. The first-order chi connectivity index (χ1) is 15.6. The molecule has 176 valence electrons. The first kappa shape index (κ1) is 24.0. The molecule has 1 aliphatic rings. The topological polar surface area (TPSA) is 120 Å². The van der Waals surface area contributed by atoms with Gasteiger partial charge in [-0.15, -0.1) is 0 Å². The van der Waals surface area contributed by atoms with Crippen LogP contribution >= 0.6 is 0 Å². The highest BCUT2D eigenvalue weighted by Gasteiger charge is 2.27. The molecule has 0 bridgehead atoms. The van der Waals surface area contributed by atoms with E-state index in [4.69, 9.17) is 9.47 Å². The lowest BCUT2D eigenvalue weighted by Gasteiger charge is -2.34. The van der Waals surface area contributed by atoms with Crippen molar-refractivity contribution in [3.8, 4) is 11.5 Å². The second-order valence-corrected chi connectivity index (χ2v) is 9.02. The number of amides is 2. The Bertz CT molecular complexity index is 1010. The minimum atomic E-state index is -0.586. The number of hydrogen-bond donors (Lipinski definition) is 2. The van der Waals surface area contributed by atoms with Gasteiger partial charge in [-0.2, -0.15) is 0 Å². The number of rotatable bonds is 7. The number of hydrogen-bond acceptors (Lipinski definition) is 6. The molecule has 2 amide bonds. The van der Waals surface area contributed by atoms with Crippen LogP contribution in [0.15, 0.2) is 42.5 Å². The zero-order valence-electron chi connectivity index (χ0n) is 19.1. The molecule has 2 aromatic rings. The molecule has 0 saturated heterocycles. The number of nitro groups is 1. The number of nitro benzene ring substituents is 1. The van der Waals surface area contributed by atoms with Gasteiger partial charge >= 0.3 is 6.09 Å². The fraction of sp³-hybridized carbons (Fsp3) is 0.417. The summed E-state index contributed by atoms with van der Waals surface area (Å²) >= 11 is 0. The number of carbonyl (C=O) groups is 2. The van der Waals surface area contributed by atoms with E-state index in [1.807, 2.05) is 0 Å². The number of nitrogens with zero attached hydrogens (tertiary/aromatic N) is 1. The van der Waals surface area contributed by atoms with Crippen LogP contribution in [0.4, 0.5) is 16.2 Å². The molecule has 0 aromatic heterocycles. The third kappa shape index (κ3) is 7.20. The summed E-state index contributed by atoms with van der Waals surface area (Å²) in [6.45, 7) is 5.90. The van der Waals surface area contributed by atoms with Gasteiger partial charge in [0.1, 0.15) is 23.8 Å². The summed E-state index contributed by atoms with van der Waals surface area (Å²) in [4.78, 5) is 34.0. The van der Waals surface area contributed by atoms with Crippen LogP contribution in [0.2, 0.25) is 0 Å². The van der Waals surface area contributed by atoms with E-state index < -0.39 is 16.9 Å². The van der Waals surface area contributed by atoms with E-state index in [2.05, 4.69) is 24.5 Å². The fourth-order valence-corrected chi connectivity index (χ4v) is 3.71. The molecule has 0 spiro atoms. The van der Waals surface area contributed by atoms with Crippen LogP contribution in [0.3, 0.4) is 0 Å². The Morgan fingerprint density at radius 3 is 2.33 bits per heavy atom. The van der Waals surface area contributed by atoms with Gasteiger partial charge in [-0.05, 0) is 60.9 Å². The van der Waals surface area contributed by atoms with Gasteiger partial charge in [0.05, 0.1) is 11.0 Å². The molecular formula is C24H29N3O6. The van der Waals surface area contributed by atoms with Crippen LogP contribution in [0.1, 0.15) is 52.0 Å². The number of anilines is 1. The van der Waals surface area contributed by atoms with Crippen LogP contribution < -0.4 is 15.4 Å². The van der Waals surface area contributed by atoms with E-state index in [9.17, 15) is 19.7 Å². The van der Waals surface area contributed by atoms with Gasteiger partial charge in [0.15, 0.2) is 0 Å². The van der Waals surface area contributed by atoms with Gasteiger partial charge in [0.2, 0.25) is 5.91 Å². The highest BCUT2D eigenvalue weighted by atomic mass is 16.6. The number of alkyl carbamates (subject to hydrolysis) is 1. The predicted molar refractivity (Wildman–Crippen MR) is 123 cm³/mol. The fourth-order valence-electron chi connectivity index (χ4n) is 3.71. The molecule has 2 aromatic carbocycles. The number of benzene rings is 2. The molecule has 1 fully saturated rings. The first-order valence-electron chi connectivity index (χ1n) is 10.9. The molecule has 1 aliphatic carbocycles. The average molecular weight is 456 g/mol. The van der Waals surface area contributed by atoms with E-state index in [1.54, 1.807) is 24.3 Å². The minimum Gasteiger partial charge on any atom is -0.457 e. The summed E-state index contributed by atoms with van der Waals surface area (Å²) in [6.07, 6.45) is 3.65. The van der Waals surface area contributed by atoms with E-state index in [0.717, 1.165) is 31.2 Å². The summed E-state index contributed by atoms with van der Waals surface area (Å²) in [5.41, 5.74) is 0.960. The maximum Gasteiger partial charge on any atom is 0.407 e. The quantitative estimate of drug-likeness (QED) is 0.418. The van der Waals surface area contributed by atoms with Crippen molar-refractivity contribution in [3.63, 3.8) is 0 Å². The second-order valence-electron chi connectivity index (χ2n) is 9.02. The Labute approximate surface area is 192 Å². The summed E-state index contributed by atoms with van der Waals surface area (Å²) < 4.78 is 11.0. The Kier molecular flexibility index (Phi) is 7.52. The van der Waals surface area contributed by atoms with E-state index >= 15 is 0 Å². The van der Waals surface area contributed by atoms with Crippen molar-refractivity contribution in [1.29, 1.82) is 0 Å². The molecular weight excluding hydrogens is 426 g/mol. The smallest absolute Gasteiger partial charge is 0.407 e. The standard InChI is InChI=1S/C24H29N3O6/c1-16(28)25-21-9-8-20(14-22(21)27(30)31)33-19-6-4-17(5-7-19)15-32-23(29)26-18-10-12-24(2,3)13-11-18/h4-9,14,18H,10-13,15H2,1-3H3,(H,25,28)(H,26,29). The van der Waals surface area contributed by atoms with Crippen LogP contribution in [0, 0.1) is 15.5 Å². The SMILES string of the molecule is CC(=O)Nc1ccc(Oc2ccc(COC(=O)NC3CCC(C)(C)CC3)cc2)cc1[N+](=O)[O-]. The highest BCUT2D eigenvalue weighted by molar-refractivity contribution is 5.91. The predicted octanol–water partition coefficient (Wildman–Crippen LogP) is 5.54. The molecule has 9 nitrogen and oxygen atoms in total. The molecule has 9 heteroatoms. The Morgan fingerprint density at radius 1 is 1.09 bits per heavy atom. The first-order valence-corrected chi connectivity index (χ1v) is 10.9. The van der Waals surface area contributed by atoms with Gasteiger partial charge in [0.25, 0.3) is 5.69 Å². The van der Waals surface area contributed by atoms with Crippen molar-refractivity contribution in [2.24, 2.45) is 5.41 Å². The normalized spacial score (nSPS) is 15.4. The molecule has 0 unspecified atom stereocenters. The number of carbonyl (C=O) groups excluding carboxylic acids is 2. The van der Waals surface area contributed by atoms with Crippen molar-refractivity contribution in [3.05, 3.63) is 58.1 Å². The Morgan fingerprint density at radius 2 is 1.73 bits per heavy atom. The van der Waals surface area contributed by atoms with Crippen LogP contribution in [0.25, 0.3) is 0 Å². The average Bonchev–Trinajstić information content (AvgIpc) is 2.75. The molecule has 0 heterocycles. The maximum atomic E-state index is 12.1. The van der Waals surface area contributed by atoms with Gasteiger partial charge in [-0.25, -0.2) is 4.79 Å². The lowest BCUT2D eigenvalue weighted by molar-refractivity contribution is -0.384. The van der Waals surface area contributed by atoms with Gasteiger partial charge in [-0.3, -0.25) is 14.9 Å². The van der Waals surface area contributed by atoms with Crippen LogP contribution in [-0.2, 0) is 16.1 Å². The number of nitrogens with one attached hydrogen (secondary N) is 2. The van der Waals surface area contributed by atoms with Gasteiger partial charge < -0.3 is 20.1 Å². The van der Waals surface area contributed by atoms with Crippen molar-refractivity contribution in [2.75, 3.05) is 5.32 Å². The van der Waals surface area contributed by atoms with Crippen molar-refractivity contribution >= 4 is 23.4 Å². The maximum absolute atomic E-state index is 12.1. The summed E-state index contributed by atoms with van der Waals surface area (Å²) in [6, 6.07) is 11.2. The number of ether oxygens (including phenoxy) is 2.